The van der Waals surface area contributed by atoms with E-state index in [0.717, 1.165) is 5.56 Å². The van der Waals surface area contributed by atoms with E-state index in [4.69, 9.17) is 9.57 Å². The number of carboxylic acid groups (broad SMARTS) is 1. The third-order valence-corrected chi connectivity index (χ3v) is 4.69. The molecule has 0 spiro atoms. The molecule has 7 nitrogen and oxygen atoms in total. The maximum Gasteiger partial charge on any atom is 0.354 e. The fraction of sp³-hybridized carbons (Fsp3) is 0.238. The summed E-state index contributed by atoms with van der Waals surface area (Å²) in [4.78, 5) is 16.4. The summed E-state index contributed by atoms with van der Waals surface area (Å²) < 4.78 is 5.18. The molecular weight excluding hydrogens is 362 g/mol. The number of carbonyl (C=O) groups is 1. The Balaban J connectivity index is 2.21. The van der Waals surface area contributed by atoms with Crippen molar-refractivity contribution in [2.45, 2.75) is 18.1 Å². The minimum atomic E-state index is -2.40. The van der Waals surface area contributed by atoms with Crippen LogP contribution in [0.1, 0.15) is 28.2 Å². The van der Waals surface area contributed by atoms with Crippen molar-refractivity contribution in [1.82, 2.24) is 0 Å². The van der Waals surface area contributed by atoms with Gasteiger partial charge in [0.2, 0.25) is 0 Å². The number of aliphatic hydroxyl groups is 2. The Kier molecular flexibility index (Phi) is 5.48. The molecular formula is C21H21NO6. The van der Waals surface area contributed by atoms with Crippen LogP contribution in [0, 0.1) is 0 Å². The fourth-order valence-electron chi connectivity index (χ4n) is 3.51. The van der Waals surface area contributed by atoms with E-state index in [1.165, 1.54) is 20.3 Å². The molecule has 2 aromatic carbocycles. The second-order valence-corrected chi connectivity index (χ2v) is 6.39. The molecule has 146 valence electrons. The number of ether oxygens (including phenoxy) is 1. The molecule has 0 aromatic heterocycles. The highest BCUT2D eigenvalue weighted by atomic mass is 16.6. The van der Waals surface area contributed by atoms with Gasteiger partial charge in [-0.1, -0.05) is 53.7 Å². The molecule has 0 amide bonds. The van der Waals surface area contributed by atoms with E-state index in [1.54, 1.807) is 18.2 Å². The number of hydrogen-bond acceptors (Lipinski definition) is 6. The summed E-state index contributed by atoms with van der Waals surface area (Å²) in [5.74, 6) is -4.72. The first-order valence-corrected chi connectivity index (χ1v) is 8.61. The van der Waals surface area contributed by atoms with Gasteiger partial charge >= 0.3 is 5.97 Å². The largest absolute Gasteiger partial charge is 0.495 e. The van der Waals surface area contributed by atoms with Crippen molar-refractivity contribution in [2.75, 3.05) is 14.2 Å². The fourth-order valence-corrected chi connectivity index (χ4v) is 3.51. The average molecular weight is 383 g/mol. The normalized spacial score (nSPS) is 18.1. The Bertz CT molecular complexity index is 933. The highest BCUT2D eigenvalue weighted by Gasteiger charge is 2.44. The Morgan fingerprint density at radius 2 is 1.82 bits per heavy atom. The second kappa shape index (κ2) is 7.84. The van der Waals surface area contributed by atoms with Gasteiger partial charge in [0.15, 0.2) is 11.5 Å². The molecule has 0 saturated heterocycles. The average Bonchev–Trinajstić information content (AvgIpc) is 2.67. The predicted octanol–water partition coefficient (Wildman–Crippen LogP) is 2.13. The van der Waals surface area contributed by atoms with Crippen LogP contribution in [0.3, 0.4) is 0 Å². The van der Waals surface area contributed by atoms with Gasteiger partial charge in [-0.05, 0) is 29.2 Å². The number of fused-ring (bicyclic) bond motifs is 1. The van der Waals surface area contributed by atoms with E-state index in [-0.39, 0.29) is 17.0 Å². The lowest BCUT2D eigenvalue weighted by Gasteiger charge is -2.35. The van der Waals surface area contributed by atoms with Crippen molar-refractivity contribution in [1.29, 1.82) is 0 Å². The number of nitrogens with zero attached hydrogens (tertiary/aromatic N) is 1. The monoisotopic (exact) mass is 383 g/mol. The molecule has 0 fully saturated rings. The maximum atomic E-state index is 11.7. The zero-order chi connectivity index (χ0) is 20.3. The standard InChI is InChI=1S/C21H21NO6/c1-27-17-12-16(19(20(23)24)22-28-2)15-10-6-9-14(18(15)21(17,25)26)11-13-7-4-3-5-8-13/h3-10,12,16,25-26H,11H2,1-2H3,(H,23,24)/b22-19-. The highest BCUT2D eigenvalue weighted by molar-refractivity contribution is 6.38. The third kappa shape index (κ3) is 3.49. The number of benzene rings is 2. The smallest absolute Gasteiger partial charge is 0.354 e. The number of hydrogen-bond donors (Lipinski definition) is 3. The zero-order valence-electron chi connectivity index (χ0n) is 15.5. The number of aliphatic carboxylic acids is 1. The molecule has 28 heavy (non-hydrogen) atoms. The summed E-state index contributed by atoms with van der Waals surface area (Å²) in [6.45, 7) is 0. The number of allylic oxidation sites excluding steroid dienone is 1. The van der Waals surface area contributed by atoms with Gasteiger partial charge in [0, 0.05) is 5.56 Å². The van der Waals surface area contributed by atoms with E-state index in [2.05, 4.69) is 5.16 Å². The predicted molar refractivity (Wildman–Crippen MR) is 102 cm³/mol. The first-order chi connectivity index (χ1) is 13.4. The molecule has 1 unspecified atom stereocenters. The van der Waals surface area contributed by atoms with Crippen molar-refractivity contribution < 1.29 is 29.7 Å². The molecule has 2 aromatic rings. The minimum Gasteiger partial charge on any atom is -0.495 e. The molecule has 1 aliphatic rings. The number of methoxy groups -OCH3 is 1. The van der Waals surface area contributed by atoms with E-state index in [9.17, 15) is 20.1 Å². The Morgan fingerprint density at radius 1 is 1.11 bits per heavy atom. The van der Waals surface area contributed by atoms with Crippen LogP contribution in [-0.2, 0) is 26.6 Å². The lowest BCUT2D eigenvalue weighted by Crippen LogP contribution is -2.37. The van der Waals surface area contributed by atoms with Crippen LogP contribution in [0.25, 0.3) is 0 Å². The molecule has 7 heteroatoms. The zero-order valence-corrected chi connectivity index (χ0v) is 15.5. The third-order valence-electron chi connectivity index (χ3n) is 4.69. The van der Waals surface area contributed by atoms with Gasteiger partial charge in [0.1, 0.15) is 7.11 Å². The van der Waals surface area contributed by atoms with Crippen LogP contribution in [0.15, 0.2) is 65.5 Å². The summed E-state index contributed by atoms with van der Waals surface area (Å²) in [5, 5.41) is 34.9. The van der Waals surface area contributed by atoms with Crippen molar-refractivity contribution >= 4 is 11.7 Å². The van der Waals surface area contributed by atoms with Crippen LogP contribution >= 0.6 is 0 Å². The van der Waals surface area contributed by atoms with Crippen LogP contribution in [0.4, 0.5) is 0 Å². The quantitative estimate of drug-likeness (QED) is 0.401. The van der Waals surface area contributed by atoms with E-state index in [0.29, 0.717) is 17.5 Å². The van der Waals surface area contributed by atoms with Crippen LogP contribution < -0.4 is 0 Å². The van der Waals surface area contributed by atoms with Gasteiger partial charge < -0.3 is 24.9 Å². The molecule has 3 N–H and O–H groups in total. The molecule has 1 aliphatic carbocycles. The molecule has 0 heterocycles. The second-order valence-electron chi connectivity index (χ2n) is 6.39. The first kappa shape index (κ1) is 19.6. The summed E-state index contributed by atoms with van der Waals surface area (Å²) in [7, 11) is 2.55. The van der Waals surface area contributed by atoms with Crippen molar-refractivity contribution in [2.24, 2.45) is 5.16 Å². The van der Waals surface area contributed by atoms with Gasteiger partial charge in [-0.15, -0.1) is 0 Å². The van der Waals surface area contributed by atoms with E-state index < -0.39 is 17.7 Å². The summed E-state index contributed by atoms with van der Waals surface area (Å²) in [5.41, 5.74) is 1.93. The van der Waals surface area contributed by atoms with Gasteiger partial charge in [0.25, 0.3) is 5.79 Å². The van der Waals surface area contributed by atoms with Crippen LogP contribution in [0.5, 0.6) is 0 Å². The highest BCUT2D eigenvalue weighted by Crippen LogP contribution is 2.43. The Labute approximate surface area is 162 Å². The minimum absolute atomic E-state index is 0.171. The summed E-state index contributed by atoms with van der Waals surface area (Å²) in [6, 6.07) is 14.7. The van der Waals surface area contributed by atoms with Crippen molar-refractivity contribution in [3.63, 3.8) is 0 Å². The Morgan fingerprint density at radius 3 is 2.43 bits per heavy atom. The number of carboxylic acids is 1. The lowest BCUT2D eigenvalue weighted by molar-refractivity contribution is -0.167. The Hall–Kier alpha value is -3.16. The van der Waals surface area contributed by atoms with Gasteiger partial charge in [-0.25, -0.2) is 4.79 Å². The lowest BCUT2D eigenvalue weighted by atomic mass is 9.77. The number of rotatable bonds is 6. The number of oxime groups is 1. The maximum absolute atomic E-state index is 11.7. The molecule has 0 saturated carbocycles. The molecule has 0 radical (unpaired) electrons. The summed E-state index contributed by atoms with van der Waals surface area (Å²) >= 11 is 0. The van der Waals surface area contributed by atoms with Crippen molar-refractivity contribution in [3.05, 3.63) is 82.6 Å². The van der Waals surface area contributed by atoms with Gasteiger partial charge in [-0.2, -0.15) is 0 Å². The van der Waals surface area contributed by atoms with E-state index >= 15 is 0 Å². The molecule has 0 bridgehead atoms. The first-order valence-electron chi connectivity index (χ1n) is 8.61. The molecule has 3 rings (SSSR count). The SMILES string of the molecule is CO/N=C(\C(=O)O)C1C=C(OC)C(O)(O)c2c(Cc3ccccc3)cccc21. The topological polar surface area (TPSA) is 109 Å². The van der Waals surface area contributed by atoms with Crippen LogP contribution in [0.2, 0.25) is 0 Å². The molecule has 0 aliphatic heterocycles. The van der Waals surface area contributed by atoms with Gasteiger partial charge in [0.05, 0.1) is 13.0 Å². The van der Waals surface area contributed by atoms with E-state index in [1.807, 2.05) is 30.3 Å². The molecule has 1 atom stereocenters. The van der Waals surface area contributed by atoms with Crippen molar-refractivity contribution in [3.8, 4) is 0 Å². The van der Waals surface area contributed by atoms with Crippen LogP contribution in [-0.4, -0.2) is 41.2 Å². The summed E-state index contributed by atoms with van der Waals surface area (Å²) in [6.07, 6.45) is 1.76. The van der Waals surface area contributed by atoms with Gasteiger partial charge in [-0.3, -0.25) is 0 Å².